The summed E-state index contributed by atoms with van der Waals surface area (Å²) in [6.45, 7) is 6.41. The lowest BCUT2D eigenvalue weighted by Gasteiger charge is -2.34. The first-order chi connectivity index (χ1) is 10.1. The number of piperidine rings is 1. The summed E-state index contributed by atoms with van der Waals surface area (Å²) in [5.74, 6) is 0.465. The molecule has 2 aliphatic heterocycles. The number of hydrogen-bond acceptors (Lipinski definition) is 3. The molecular formula is C15H28N4O2. The van der Waals surface area contributed by atoms with Gasteiger partial charge in [0.25, 0.3) is 0 Å². The van der Waals surface area contributed by atoms with Crippen molar-refractivity contribution in [3.05, 3.63) is 0 Å². The van der Waals surface area contributed by atoms with Crippen molar-refractivity contribution in [3.8, 4) is 0 Å². The number of nitrogens with two attached hydrogens (primary N) is 1. The molecule has 120 valence electrons. The van der Waals surface area contributed by atoms with Gasteiger partial charge in [0.2, 0.25) is 5.91 Å². The van der Waals surface area contributed by atoms with Crippen LogP contribution >= 0.6 is 0 Å². The van der Waals surface area contributed by atoms with Crippen LogP contribution in [0.25, 0.3) is 0 Å². The van der Waals surface area contributed by atoms with Crippen LogP contribution in [0.4, 0.5) is 4.79 Å². The monoisotopic (exact) mass is 296 g/mol. The molecule has 0 bridgehead atoms. The van der Waals surface area contributed by atoms with E-state index in [9.17, 15) is 9.59 Å². The Morgan fingerprint density at radius 1 is 1.14 bits per heavy atom. The van der Waals surface area contributed by atoms with Gasteiger partial charge < -0.3 is 20.9 Å². The predicted molar refractivity (Wildman–Crippen MR) is 81.7 cm³/mol. The van der Waals surface area contributed by atoms with Crippen LogP contribution in [0, 0.1) is 11.8 Å². The van der Waals surface area contributed by atoms with Crippen molar-refractivity contribution in [2.24, 2.45) is 17.6 Å². The molecule has 0 spiro atoms. The van der Waals surface area contributed by atoms with Gasteiger partial charge in [-0.2, -0.15) is 0 Å². The zero-order chi connectivity index (χ0) is 15.2. The Hall–Kier alpha value is -1.30. The molecular weight excluding hydrogens is 268 g/mol. The minimum atomic E-state index is 0.0394. The molecule has 2 saturated heterocycles. The average Bonchev–Trinajstić information content (AvgIpc) is 3.06. The molecule has 0 aliphatic carbocycles. The lowest BCUT2D eigenvalue weighted by atomic mass is 9.96. The third kappa shape index (κ3) is 4.33. The normalized spacial score (nSPS) is 21.4. The summed E-state index contributed by atoms with van der Waals surface area (Å²) in [7, 11) is 0. The maximum Gasteiger partial charge on any atom is 0.319 e. The summed E-state index contributed by atoms with van der Waals surface area (Å²) in [6, 6.07) is 0.156. The third-order valence-electron chi connectivity index (χ3n) is 4.54. The molecule has 0 aromatic heterocycles. The molecule has 0 aromatic carbocycles. The van der Waals surface area contributed by atoms with Gasteiger partial charge in [0.05, 0.1) is 0 Å². The Kier molecular flexibility index (Phi) is 5.85. The van der Waals surface area contributed by atoms with Crippen molar-refractivity contribution < 1.29 is 9.59 Å². The van der Waals surface area contributed by atoms with Gasteiger partial charge in [-0.05, 0) is 38.1 Å². The SMILES string of the molecule is CC(CN)CNC(=O)C1CCN(C(=O)N2CCCC2)CC1. The van der Waals surface area contributed by atoms with Gasteiger partial charge in [0, 0.05) is 38.6 Å². The van der Waals surface area contributed by atoms with E-state index in [1.807, 2.05) is 16.7 Å². The lowest BCUT2D eigenvalue weighted by Crippen LogP contribution is -2.48. The number of rotatable bonds is 4. The van der Waals surface area contributed by atoms with Crippen LogP contribution in [-0.2, 0) is 4.79 Å². The van der Waals surface area contributed by atoms with E-state index in [0.717, 1.165) is 38.8 Å². The fourth-order valence-electron chi connectivity index (χ4n) is 2.94. The molecule has 3 amide bonds. The fraction of sp³-hybridized carbons (Fsp3) is 0.867. The third-order valence-corrected chi connectivity index (χ3v) is 4.54. The van der Waals surface area contributed by atoms with Gasteiger partial charge in [-0.15, -0.1) is 0 Å². The minimum absolute atomic E-state index is 0.0394. The molecule has 0 radical (unpaired) electrons. The first-order valence-electron chi connectivity index (χ1n) is 8.13. The smallest absolute Gasteiger partial charge is 0.319 e. The van der Waals surface area contributed by atoms with Gasteiger partial charge in [-0.25, -0.2) is 4.79 Å². The summed E-state index contributed by atoms with van der Waals surface area (Å²) in [6.07, 6.45) is 3.76. The molecule has 6 nitrogen and oxygen atoms in total. The highest BCUT2D eigenvalue weighted by Gasteiger charge is 2.30. The summed E-state index contributed by atoms with van der Waals surface area (Å²) in [5.41, 5.74) is 5.55. The summed E-state index contributed by atoms with van der Waals surface area (Å²) >= 11 is 0. The van der Waals surface area contributed by atoms with E-state index in [-0.39, 0.29) is 17.9 Å². The van der Waals surface area contributed by atoms with Gasteiger partial charge >= 0.3 is 6.03 Å². The molecule has 1 atom stereocenters. The highest BCUT2D eigenvalue weighted by molar-refractivity contribution is 5.79. The number of urea groups is 1. The number of amides is 3. The molecule has 2 fully saturated rings. The standard InChI is InChI=1S/C15H28N4O2/c1-12(10-16)11-17-14(20)13-4-8-19(9-5-13)15(21)18-6-2-3-7-18/h12-13H,2-11,16H2,1H3,(H,17,20). The summed E-state index contributed by atoms with van der Waals surface area (Å²) in [4.78, 5) is 28.2. The molecule has 0 saturated carbocycles. The first kappa shape index (κ1) is 16.1. The number of carbonyl (C=O) groups excluding carboxylic acids is 2. The average molecular weight is 296 g/mol. The Labute approximate surface area is 127 Å². The van der Waals surface area contributed by atoms with Crippen LogP contribution in [0.15, 0.2) is 0 Å². The predicted octanol–water partition coefficient (Wildman–Crippen LogP) is 0.625. The number of likely N-dealkylation sites (tertiary alicyclic amines) is 2. The number of nitrogens with one attached hydrogen (secondary N) is 1. The second-order valence-electron chi connectivity index (χ2n) is 6.32. The maximum atomic E-state index is 12.3. The highest BCUT2D eigenvalue weighted by atomic mass is 16.2. The minimum Gasteiger partial charge on any atom is -0.356 e. The maximum absolute atomic E-state index is 12.3. The van der Waals surface area contributed by atoms with E-state index in [1.54, 1.807) is 0 Å². The van der Waals surface area contributed by atoms with Crippen molar-refractivity contribution >= 4 is 11.9 Å². The van der Waals surface area contributed by atoms with E-state index in [1.165, 1.54) is 0 Å². The second-order valence-corrected chi connectivity index (χ2v) is 6.32. The molecule has 3 N–H and O–H groups in total. The van der Waals surface area contributed by atoms with Crippen LogP contribution in [-0.4, -0.2) is 61.0 Å². The molecule has 1 unspecified atom stereocenters. The van der Waals surface area contributed by atoms with E-state index in [2.05, 4.69) is 5.32 Å². The molecule has 2 rings (SSSR count). The highest BCUT2D eigenvalue weighted by Crippen LogP contribution is 2.20. The zero-order valence-electron chi connectivity index (χ0n) is 13.0. The van der Waals surface area contributed by atoms with Crippen molar-refractivity contribution in [1.29, 1.82) is 0 Å². The molecule has 6 heteroatoms. The first-order valence-corrected chi connectivity index (χ1v) is 8.13. The van der Waals surface area contributed by atoms with E-state index in [0.29, 0.717) is 32.1 Å². The summed E-state index contributed by atoms with van der Waals surface area (Å²) < 4.78 is 0. The number of nitrogens with zero attached hydrogens (tertiary/aromatic N) is 2. The van der Waals surface area contributed by atoms with Crippen molar-refractivity contribution in [2.45, 2.75) is 32.6 Å². The van der Waals surface area contributed by atoms with Gasteiger partial charge in [0.15, 0.2) is 0 Å². The quantitative estimate of drug-likeness (QED) is 0.798. The van der Waals surface area contributed by atoms with E-state index < -0.39 is 0 Å². The second kappa shape index (κ2) is 7.64. The van der Waals surface area contributed by atoms with Crippen LogP contribution in [0.5, 0.6) is 0 Å². The van der Waals surface area contributed by atoms with Crippen molar-refractivity contribution in [2.75, 3.05) is 39.3 Å². The largest absolute Gasteiger partial charge is 0.356 e. The van der Waals surface area contributed by atoms with Crippen LogP contribution in [0.2, 0.25) is 0 Å². The van der Waals surface area contributed by atoms with Gasteiger partial charge in [0.1, 0.15) is 0 Å². The van der Waals surface area contributed by atoms with Crippen molar-refractivity contribution in [3.63, 3.8) is 0 Å². The molecule has 21 heavy (non-hydrogen) atoms. The Morgan fingerprint density at radius 2 is 1.71 bits per heavy atom. The number of carbonyl (C=O) groups is 2. The van der Waals surface area contributed by atoms with Crippen LogP contribution < -0.4 is 11.1 Å². The Balaban J connectivity index is 1.72. The van der Waals surface area contributed by atoms with Gasteiger partial charge in [-0.3, -0.25) is 4.79 Å². The van der Waals surface area contributed by atoms with Crippen LogP contribution in [0.1, 0.15) is 32.6 Å². The fourth-order valence-corrected chi connectivity index (χ4v) is 2.94. The number of hydrogen-bond donors (Lipinski definition) is 2. The van der Waals surface area contributed by atoms with E-state index >= 15 is 0 Å². The molecule has 2 aliphatic rings. The Morgan fingerprint density at radius 3 is 2.29 bits per heavy atom. The Bertz CT molecular complexity index is 361. The lowest BCUT2D eigenvalue weighted by molar-refractivity contribution is -0.126. The van der Waals surface area contributed by atoms with Gasteiger partial charge in [-0.1, -0.05) is 6.92 Å². The zero-order valence-corrected chi connectivity index (χ0v) is 13.0. The van der Waals surface area contributed by atoms with Crippen LogP contribution in [0.3, 0.4) is 0 Å². The molecule has 2 heterocycles. The van der Waals surface area contributed by atoms with Crippen molar-refractivity contribution in [1.82, 2.24) is 15.1 Å². The molecule has 0 aromatic rings. The topological polar surface area (TPSA) is 78.7 Å². The summed E-state index contributed by atoms with van der Waals surface area (Å²) in [5, 5.41) is 2.97. The van der Waals surface area contributed by atoms with E-state index in [4.69, 9.17) is 5.73 Å².